The largest absolute Gasteiger partial charge is 0.497 e. The first-order valence-electron chi connectivity index (χ1n) is 10.6. The summed E-state index contributed by atoms with van der Waals surface area (Å²) in [6.07, 6.45) is 4.44. The van der Waals surface area contributed by atoms with E-state index in [-0.39, 0.29) is 24.0 Å². The minimum Gasteiger partial charge on any atom is -0.497 e. The highest BCUT2D eigenvalue weighted by molar-refractivity contribution is 14.0. The molecule has 0 aliphatic carbocycles. The Bertz CT molecular complexity index is 883. The second-order valence-electron chi connectivity index (χ2n) is 7.62. The molecular weight excluding hydrogens is 501 g/mol. The summed E-state index contributed by atoms with van der Waals surface area (Å²) in [5.41, 5.74) is 3.80. The number of ether oxygens (including phenoxy) is 1. The first-order valence-corrected chi connectivity index (χ1v) is 10.6. The van der Waals surface area contributed by atoms with E-state index in [4.69, 9.17) is 4.74 Å². The molecule has 1 N–H and O–H groups in total. The monoisotopic (exact) mass is 533 g/mol. The average molecular weight is 533 g/mol. The molecule has 1 fully saturated rings. The average Bonchev–Trinajstić information content (AvgIpc) is 3.35. The Morgan fingerprint density at radius 2 is 1.65 bits per heavy atom. The van der Waals surface area contributed by atoms with Crippen LogP contribution < -0.4 is 19.9 Å². The summed E-state index contributed by atoms with van der Waals surface area (Å²) in [7, 11) is 3.57. The fourth-order valence-electron chi connectivity index (χ4n) is 4.03. The highest BCUT2D eigenvalue weighted by Gasteiger charge is 2.20. The van der Waals surface area contributed by atoms with Gasteiger partial charge < -0.3 is 24.8 Å². The van der Waals surface area contributed by atoms with Crippen molar-refractivity contribution >= 4 is 41.3 Å². The molecule has 0 spiro atoms. The van der Waals surface area contributed by atoms with Crippen LogP contribution in [0.4, 0.5) is 11.4 Å². The Morgan fingerprint density at radius 1 is 0.935 bits per heavy atom. The maximum atomic E-state index is 5.26. The van der Waals surface area contributed by atoms with Crippen LogP contribution in [0.5, 0.6) is 5.75 Å². The molecule has 0 atom stereocenters. The zero-order valence-corrected chi connectivity index (χ0v) is 20.7. The summed E-state index contributed by atoms with van der Waals surface area (Å²) in [4.78, 5) is 11.6. The van der Waals surface area contributed by atoms with Crippen molar-refractivity contribution in [1.29, 1.82) is 0 Å². The summed E-state index contributed by atoms with van der Waals surface area (Å²) in [5, 5.41) is 3.55. The Balaban J connectivity index is 0.00000272. The van der Waals surface area contributed by atoms with Crippen LogP contribution in [-0.2, 0) is 6.54 Å². The smallest absolute Gasteiger partial charge is 0.194 e. The molecule has 0 aromatic heterocycles. The topological polar surface area (TPSA) is 43.3 Å². The van der Waals surface area contributed by atoms with Gasteiger partial charge in [-0.3, -0.25) is 4.99 Å². The number of piperazine rings is 1. The van der Waals surface area contributed by atoms with E-state index in [0.717, 1.165) is 57.5 Å². The van der Waals surface area contributed by atoms with Crippen molar-refractivity contribution in [2.24, 2.45) is 4.99 Å². The molecule has 2 aromatic carbocycles. The molecule has 2 aromatic rings. The molecule has 0 bridgehead atoms. The van der Waals surface area contributed by atoms with Gasteiger partial charge in [0.15, 0.2) is 5.96 Å². The van der Waals surface area contributed by atoms with E-state index >= 15 is 0 Å². The van der Waals surface area contributed by atoms with E-state index in [1.807, 2.05) is 19.2 Å². The third-order valence-electron chi connectivity index (χ3n) is 5.77. The van der Waals surface area contributed by atoms with Gasteiger partial charge in [0.05, 0.1) is 7.11 Å². The number of guanidine groups is 1. The van der Waals surface area contributed by atoms with E-state index in [1.54, 1.807) is 7.11 Å². The number of hydrogen-bond acceptors (Lipinski definition) is 4. The first kappa shape index (κ1) is 23.2. The van der Waals surface area contributed by atoms with Crippen molar-refractivity contribution in [2.45, 2.75) is 6.54 Å². The molecule has 0 amide bonds. The summed E-state index contributed by atoms with van der Waals surface area (Å²) in [5.74, 6) is 1.87. The number of anilines is 2. The minimum absolute atomic E-state index is 0. The molecule has 1 saturated heterocycles. The number of nitrogens with zero attached hydrogens (tertiary/aromatic N) is 4. The Kier molecular flexibility index (Phi) is 8.45. The normalized spacial score (nSPS) is 16.3. The van der Waals surface area contributed by atoms with E-state index in [2.05, 4.69) is 73.6 Å². The number of aliphatic imine (C=N–C) groups is 1. The third-order valence-corrected chi connectivity index (χ3v) is 5.77. The number of methoxy groups -OCH3 is 1. The van der Waals surface area contributed by atoms with Gasteiger partial charge in [-0.2, -0.15) is 0 Å². The quantitative estimate of drug-likeness (QED) is 0.276. The molecule has 0 radical (unpaired) electrons. The van der Waals surface area contributed by atoms with Crippen molar-refractivity contribution in [3.8, 4) is 5.75 Å². The first-order chi connectivity index (χ1) is 14.8. The molecule has 2 aliphatic heterocycles. The van der Waals surface area contributed by atoms with Crippen LogP contribution in [0.15, 0.2) is 65.7 Å². The van der Waals surface area contributed by atoms with Gasteiger partial charge >= 0.3 is 0 Å². The van der Waals surface area contributed by atoms with E-state index < -0.39 is 0 Å². The number of nitrogens with one attached hydrogen (secondary N) is 1. The summed E-state index contributed by atoms with van der Waals surface area (Å²) < 4.78 is 5.26. The van der Waals surface area contributed by atoms with E-state index in [1.165, 1.54) is 16.9 Å². The molecule has 166 valence electrons. The Hall–Kier alpha value is -2.42. The van der Waals surface area contributed by atoms with Crippen LogP contribution in [0, 0.1) is 0 Å². The van der Waals surface area contributed by atoms with Gasteiger partial charge in [0.25, 0.3) is 0 Å². The second-order valence-corrected chi connectivity index (χ2v) is 7.62. The van der Waals surface area contributed by atoms with Crippen LogP contribution in [-0.4, -0.2) is 64.3 Å². The van der Waals surface area contributed by atoms with Crippen molar-refractivity contribution in [2.75, 3.05) is 63.2 Å². The second kappa shape index (κ2) is 11.3. The summed E-state index contributed by atoms with van der Waals surface area (Å²) in [6.45, 7) is 6.62. The number of rotatable bonds is 5. The van der Waals surface area contributed by atoms with Crippen molar-refractivity contribution < 1.29 is 4.74 Å². The highest BCUT2D eigenvalue weighted by atomic mass is 127. The maximum absolute atomic E-state index is 5.26. The standard InChI is InChI=1S/C24H31N5O.HI/c1-25-24(26-19-20-6-5-7-22(18-20)27-12-3-4-13-27)29-16-14-28(15-17-29)21-8-10-23(30-2)11-9-21;/h3-11,18H,12-17,19H2,1-2H3,(H,25,26);1H. The molecule has 2 heterocycles. The molecule has 7 heteroatoms. The molecule has 31 heavy (non-hydrogen) atoms. The Morgan fingerprint density at radius 3 is 2.29 bits per heavy atom. The van der Waals surface area contributed by atoms with Gasteiger partial charge in [-0.1, -0.05) is 24.3 Å². The zero-order valence-electron chi connectivity index (χ0n) is 18.3. The van der Waals surface area contributed by atoms with Gasteiger partial charge in [-0.15, -0.1) is 24.0 Å². The van der Waals surface area contributed by atoms with Gasteiger partial charge in [0.2, 0.25) is 0 Å². The predicted molar refractivity (Wildman–Crippen MR) is 140 cm³/mol. The fourth-order valence-corrected chi connectivity index (χ4v) is 4.03. The number of benzene rings is 2. The number of hydrogen-bond donors (Lipinski definition) is 1. The summed E-state index contributed by atoms with van der Waals surface area (Å²) in [6, 6.07) is 17.1. The molecule has 6 nitrogen and oxygen atoms in total. The Labute approximate surface area is 202 Å². The van der Waals surface area contributed by atoms with Gasteiger partial charge in [-0.05, 0) is 42.0 Å². The van der Waals surface area contributed by atoms with E-state index in [9.17, 15) is 0 Å². The fraction of sp³-hybridized carbons (Fsp3) is 0.375. The lowest BCUT2D eigenvalue weighted by Gasteiger charge is -2.37. The summed E-state index contributed by atoms with van der Waals surface area (Å²) >= 11 is 0. The molecule has 0 saturated carbocycles. The molecular formula is C24H32IN5O. The molecule has 4 rings (SSSR count). The molecule has 0 unspecified atom stereocenters. The minimum atomic E-state index is 0. The highest BCUT2D eigenvalue weighted by Crippen LogP contribution is 2.21. The molecule has 2 aliphatic rings. The number of halogens is 1. The SMILES string of the molecule is CN=C(NCc1cccc(N2CC=CC2)c1)N1CCN(c2ccc(OC)cc2)CC1.I. The maximum Gasteiger partial charge on any atom is 0.194 e. The van der Waals surface area contributed by atoms with Crippen LogP contribution in [0.1, 0.15) is 5.56 Å². The van der Waals surface area contributed by atoms with Gasteiger partial charge in [0.1, 0.15) is 5.75 Å². The lowest BCUT2D eigenvalue weighted by molar-refractivity contribution is 0.372. The third kappa shape index (κ3) is 5.84. The van der Waals surface area contributed by atoms with Crippen LogP contribution in [0.3, 0.4) is 0 Å². The van der Waals surface area contributed by atoms with Crippen LogP contribution in [0.2, 0.25) is 0 Å². The van der Waals surface area contributed by atoms with Crippen LogP contribution >= 0.6 is 24.0 Å². The van der Waals surface area contributed by atoms with Crippen molar-refractivity contribution in [1.82, 2.24) is 10.2 Å². The lowest BCUT2D eigenvalue weighted by Crippen LogP contribution is -2.52. The zero-order chi connectivity index (χ0) is 20.8. The van der Waals surface area contributed by atoms with Crippen LogP contribution in [0.25, 0.3) is 0 Å². The van der Waals surface area contributed by atoms with Gasteiger partial charge in [0, 0.05) is 64.2 Å². The predicted octanol–water partition coefficient (Wildman–Crippen LogP) is 3.59. The lowest BCUT2D eigenvalue weighted by atomic mass is 10.2. The van der Waals surface area contributed by atoms with E-state index in [0.29, 0.717) is 0 Å². The van der Waals surface area contributed by atoms with Gasteiger partial charge in [-0.25, -0.2) is 0 Å². The van der Waals surface area contributed by atoms with Crippen molar-refractivity contribution in [3.05, 3.63) is 66.2 Å². The van der Waals surface area contributed by atoms with Crippen molar-refractivity contribution in [3.63, 3.8) is 0 Å².